The molecule has 0 amide bonds. The number of nitrogens with one attached hydrogen (secondary N) is 1. The molecule has 0 heterocycles. The van der Waals surface area contributed by atoms with Gasteiger partial charge in [-0.1, -0.05) is 12.1 Å². The highest BCUT2D eigenvalue weighted by Crippen LogP contribution is 2.33. The second-order valence-electron chi connectivity index (χ2n) is 5.33. The van der Waals surface area contributed by atoms with Crippen molar-refractivity contribution in [1.29, 1.82) is 0 Å². The molecule has 0 saturated carbocycles. The number of benzene rings is 3. The summed E-state index contributed by atoms with van der Waals surface area (Å²) in [5.74, 6) is -1.57. The third-order valence-electron chi connectivity index (χ3n) is 3.63. The second kappa shape index (κ2) is 6.08. The Hall–Kier alpha value is -3.10. The van der Waals surface area contributed by atoms with Crippen molar-refractivity contribution in [3.63, 3.8) is 0 Å². The van der Waals surface area contributed by atoms with Gasteiger partial charge in [0.1, 0.15) is 10.6 Å². The van der Waals surface area contributed by atoms with E-state index < -0.39 is 26.7 Å². The average molecular weight is 359 g/mol. The van der Waals surface area contributed by atoms with Crippen LogP contribution in [0.4, 0.5) is 11.4 Å². The molecule has 3 rings (SSSR count). The Morgan fingerprint density at radius 2 is 1.68 bits per heavy atom. The van der Waals surface area contributed by atoms with Crippen LogP contribution in [0, 0.1) is 0 Å². The molecule has 3 aromatic rings. The van der Waals surface area contributed by atoms with Crippen molar-refractivity contribution < 1.29 is 28.0 Å². The van der Waals surface area contributed by atoms with Gasteiger partial charge in [-0.25, -0.2) is 4.79 Å². The predicted molar refractivity (Wildman–Crippen MR) is 92.1 cm³/mol. The molecule has 0 fully saturated rings. The summed E-state index contributed by atoms with van der Waals surface area (Å²) in [6.07, 6.45) is 0. The highest BCUT2D eigenvalue weighted by Gasteiger charge is 2.17. The molecule has 0 spiro atoms. The molecule has 0 aromatic heterocycles. The summed E-state index contributed by atoms with van der Waals surface area (Å²) >= 11 is 0. The van der Waals surface area contributed by atoms with Gasteiger partial charge in [-0.15, -0.1) is 0 Å². The number of phenolic OH excluding ortho intramolecular Hbond substituents is 1. The van der Waals surface area contributed by atoms with Gasteiger partial charge in [0.25, 0.3) is 10.1 Å². The number of anilines is 2. The van der Waals surface area contributed by atoms with E-state index in [-0.39, 0.29) is 10.9 Å². The molecule has 4 N–H and O–H groups in total. The van der Waals surface area contributed by atoms with Crippen LogP contribution in [0.3, 0.4) is 0 Å². The van der Waals surface area contributed by atoms with Crippen molar-refractivity contribution in [1.82, 2.24) is 0 Å². The van der Waals surface area contributed by atoms with E-state index in [4.69, 9.17) is 9.66 Å². The Morgan fingerprint density at radius 3 is 2.36 bits per heavy atom. The Balaban J connectivity index is 2.00. The average Bonchev–Trinajstić information content (AvgIpc) is 2.54. The highest BCUT2D eigenvalue weighted by atomic mass is 32.2. The zero-order valence-corrected chi connectivity index (χ0v) is 13.5. The quantitative estimate of drug-likeness (QED) is 0.527. The third-order valence-corrected chi connectivity index (χ3v) is 4.52. The van der Waals surface area contributed by atoms with E-state index in [1.807, 2.05) is 0 Å². The molecule has 25 heavy (non-hydrogen) atoms. The molecule has 128 valence electrons. The van der Waals surface area contributed by atoms with E-state index in [1.54, 1.807) is 24.3 Å². The fourth-order valence-corrected chi connectivity index (χ4v) is 3.07. The maximum Gasteiger partial charge on any atom is 0.335 e. The Bertz CT molecular complexity index is 1090. The third kappa shape index (κ3) is 3.39. The summed E-state index contributed by atoms with van der Waals surface area (Å²) in [6.45, 7) is 0. The van der Waals surface area contributed by atoms with E-state index in [9.17, 15) is 18.3 Å². The summed E-state index contributed by atoms with van der Waals surface area (Å²) in [7, 11) is -4.52. The molecule has 7 nitrogen and oxygen atoms in total. The van der Waals surface area contributed by atoms with E-state index in [2.05, 4.69) is 5.32 Å². The van der Waals surface area contributed by atoms with Crippen LogP contribution in [0.25, 0.3) is 10.8 Å². The zero-order valence-electron chi connectivity index (χ0n) is 12.7. The number of carboxylic acid groups (broad SMARTS) is 1. The lowest BCUT2D eigenvalue weighted by atomic mass is 10.1. The molecule has 0 aliphatic rings. The number of fused-ring (bicyclic) bond motifs is 1. The highest BCUT2D eigenvalue weighted by molar-refractivity contribution is 7.86. The van der Waals surface area contributed by atoms with Crippen molar-refractivity contribution in [3.8, 4) is 5.75 Å². The molecule has 3 aromatic carbocycles. The van der Waals surface area contributed by atoms with Gasteiger partial charge in [-0.3, -0.25) is 4.55 Å². The van der Waals surface area contributed by atoms with Gasteiger partial charge >= 0.3 is 5.97 Å². The molecule has 0 aliphatic heterocycles. The van der Waals surface area contributed by atoms with Crippen LogP contribution in [0.15, 0.2) is 59.5 Å². The van der Waals surface area contributed by atoms with Crippen molar-refractivity contribution in [2.24, 2.45) is 0 Å². The van der Waals surface area contributed by atoms with Crippen LogP contribution in [-0.2, 0) is 10.1 Å². The standard InChI is InChI=1S/C17H13NO6S/c19-16-14-6-5-13(8-10(14)4-7-15(16)25(22,23)24)18-12-3-1-2-11(9-12)17(20)21/h1-9,18-19H,(H,20,21)(H,22,23,24). The van der Waals surface area contributed by atoms with Gasteiger partial charge < -0.3 is 15.5 Å². The summed E-state index contributed by atoms with van der Waals surface area (Å²) in [4.78, 5) is 10.4. The van der Waals surface area contributed by atoms with Crippen molar-refractivity contribution in [3.05, 3.63) is 60.2 Å². The summed E-state index contributed by atoms with van der Waals surface area (Å²) < 4.78 is 31.6. The maximum absolute atomic E-state index is 11.2. The molecule has 0 unspecified atom stereocenters. The molecule has 0 bridgehead atoms. The van der Waals surface area contributed by atoms with Crippen LogP contribution < -0.4 is 5.32 Å². The monoisotopic (exact) mass is 359 g/mol. The summed E-state index contributed by atoms with van der Waals surface area (Å²) in [5, 5.41) is 22.9. The number of hydrogen-bond acceptors (Lipinski definition) is 5. The first-order valence-corrected chi connectivity index (χ1v) is 8.53. The van der Waals surface area contributed by atoms with Crippen LogP contribution in [0.1, 0.15) is 10.4 Å². The van der Waals surface area contributed by atoms with E-state index in [0.717, 1.165) is 6.07 Å². The fourth-order valence-electron chi connectivity index (χ4n) is 2.48. The van der Waals surface area contributed by atoms with E-state index in [0.29, 0.717) is 16.8 Å². The fraction of sp³-hybridized carbons (Fsp3) is 0. The SMILES string of the molecule is O=C(O)c1cccc(Nc2ccc3c(O)c(S(=O)(=O)O)ccc3c2)c1. The lowest BCUT2D eigenvalue weighted by Crippen LogP contribution is -1.99. The second-order valence-corrected chi connectivity index (χ2v) is 6.72. The smallest absolute Gasteiger partial charge is 0.335 e. The van der Waals surface area contributed by atoms with Gasteiger partial charge in [0, 0.05) is 16.8 Å². The van der Waals surface area contributed by atoms with E-state index in [1.165, 1.54) is 24.3 Å². The Kier molecular flexibility index (Phi) is 4.07. The number of phenols is 1. The number of hydrogen-bond donors (Lipinski definition) is 4. The lowest BCUT2D eigenvalue weighted by molar-refractivity contribution is 0.0697. The maximum atomic E-state index is 11.2. The molecular formula is C17H13NO6S. The van der Waals surface area contributed by atoms with Crippen LogP contribution >= 0.6 is 0 Å². The predicted octanol–water partition coefficient (Wildman–Crippen LogP) is 3.23. The lowest BCUT2D eigenvalue weighted by Gasteiger charge is -2.10. The molecule has 0 saturated heterocycles. The van der Waals surface area contributed by atoms with Crippen molar-refractivity contribution in [2.45, 2.75) is 4.90 Å². The molecule has 0 radical (unpaired) electrons. The number of rotatable bonds is 4. The number of aromatic hydroxyl groups is 1. The summed E-state index contributed by atoms with van der Waals surface area (Å²) in [6, 6.07) is 13.6. The minimum atomic E-state index is -4.52. The normalized spacial score (nSPS) is 11.4. The number of aromatic carboxylic acids is 1. The van der Waals surface area contributed by atoms with Gasteiger partial charge in [-0.2, -0.15) is 8.42 Å². The van der Waals surface area contributed by atoms with Crippen molar-refractivity contribution in [2.75, 3.05) is 5.32 Å². The first kappa shape index (κ1) is 16.7. The van der Waals surface area contributed by atoms with Gasteiger partial charge in [0.05, 0.1) is 5.56 Å². The van der Waals surface area contributed by atoms with Crippen LogP contribution in [0.2, 0.25) is 0 Å². The van der Waals surface area contributed by atoms with Gasteiger partial charge in [-0.05, 0) is 47.9 Å². The Morgan fingerprint density at radius 1 is 0.960 bits per heavy atom. The van der Waals surface area contributed by atoms with Gasteiger partial charge in [0.2, 0.25) is 0 Å². The summed E-state index contributed by atoms with van der Waals surface area (Å²) in [5.41, 5.74) is 1.33. The number of carboxylic acids is 1. The van der Waals surface area contributed by atoms with Crippen LogP contribution in [-0.4, -0.2) is 29.2 Å². The largest absolute Gasteiger partial charge is 0.506 e. The van der Waals surface area contributed by atoms with E-state index >= 15 is 0 Å². The van der Waals surface area contributed by atoms with Crippen LogP contribution in [0.5, 0.6) is 5.75 Å². The molecular weight excluding hydrogens is 346 g/mol. The Labute approximate surface area is 142 Å². The minimum absolute atomic E-state index is 0.140. The molecule has 0 atom stereocenters. The molecule has 8 heteroatoms. The van der Waals surface area contributed by atoms with Crippen molar-refractivity contribution >= 4 is 38.2 Å². The first-order valence-electron chi connectivity index (χ1n) is 7.09. The molecule has 0 aliphatic carbocycles. The van der Waals surface area contributed by atoms with Gasteiger partial charge in [0.15, 0.2) is 0 Å². The zero-order chi connectivity index (χ0) is 18.2. The topological polar surface area (TPSA) is 124 Å². The minimum Gasteiger partial charge on any atom is -0.506 e. The number of carbonyl (C=O) groups is 1. The first-order chi connectivity index (χ1) is 11.8.